The number of aromatic nitrogens is 1. The fraction of sp³-hybridized carbons (Fsp3) is 0.650. The molecule has 7 nitrogen and oxygen atoms in total. The zero-order chi connectivity index (χ0) is 21.7. The van der Waals surface area contributed by atoms with Crippen LogP contribution in [0, 0.1) is 5.92 Å². The summed E-state index contributed by atoms with van der Waals surface area (Å²) in [6, 6.07) is 4.35. The van der Waals surface area contributed by atoms with E-state index in [1.54, 1.807) is 0 Å². The number of carbonyl (C=O) groups is 2. The van der Waals surface area contributed by atoms with Gasteiger partial charge in [0.15, 0.2) is 0 Å². The van der Waals surface area contributed by atoms with Crippen molar-refractivity contribution < 1.29 is 32.6 Å². The molecule has 3 aliphatic rings. The molecule has 0 aliphatic carbocycles. The van der Waals surface area contributed by atoms with Gasteiger partial charge in [-0.2, -0.15) is 13.2 Å². The van der Waals surface area contributed by atoms with Gasteiger partial charge in [-0.25, -0.2) is 4.79 Å². The van der Waals surface area contributed by atoms with E-state index in [9.17, 15) is 18.0 Å². The second kappa shape index (κ2) is 9.74. The molecule has 4 heterocycles. The van der Waals surface area contributed by atoms with E-state index < -0.39 is 12.1 Å². The molecule has 0 radical (unpaired) electrons. The number of ether oxygens (including phenoxy) is 1. The van der Waals surface area contributed by atoms with Gasteiger partial charge in [-0.05, 0) is 36.8 Å². The standard InChI is InChI=1S/C18H25N3O2.C2HF3O2/c22-17-6-2-8-21(17)16-13-20(11-14-4-1-7-19-10-14)12-15-5-3-9-23-18(15)16;3-2(4,5)1(6)7/h1,4,7,10,15-16,18H,2-3,5-6,8-9,11-13H2;(H,6,7)/t15-,16+,18-;/m0./s1. The average molecular weight is 429 g/mol. The first-order valence-corrected chi connectivity index (χ1v) is 10.1. The van der Waals surface area contributed by atoms with Crippen molar-refractivity contribution in [1.82, 2.24) is 14.8 Å². The van der Waals surface area contributed by atoms with E-state index in [0.717, 1.165) is 45.6 Å². The third kappa shape index (κ3) is 5.69. The molecule has 10 heteroatoms. The second-order valence-electron chi connectivity index (χ2n) is 7.85. The minimum absolute atomic E-state index is 0.223. The number of pyridine rings is 1. The Morgan fingerprint density at radius 1 is 1.30 bits per heavy atom. The van der Waals surface area contributed by atoms with Crippen LogP contribution < -0.4 is 0 Å². The number of piperidine rings is 1. The summed E-state index contributed by atoms with van der Waals surface area (Å²) in [5, 5.41) is 7.12. The molecule has 0 saturated carbocycles. The van der Waals surface area contributed by atoms with Crippen LogP contribution in [-0.4, -0.2) is 76.3 Å². The van der Waals surface area contributed by atoms with Crippen molar-refractivity contribution in [2.75, 3.05) is 26.2 Å². The topological polar surface area (TPSA) is 83.0 Å². The number of hydrogen-bond donors (Lipinski definition) is 1. The molecule has 1 amide bonds. The number of aliphatic carboxylic acids is 1. The molecule has 0 aromatic carbocycles. The summed E-state index contributed by atoms with van der Waals surface area (Å²) < 4.78 is 37.9. The van der Waals surface area contributed by atoms with Gasteiger partial charge in [0.25, 0.3) is 0 Å². The highest BCUT2D eigenvalue weighted by atomic mass is 19.4. The lowest BCUT2D eigenvalue weighted by Crippen LogP contribution is -2.61. The van der Waals surface area contributed by atoms with Crippen LogP contribution in [0.25, 0.3) is 0 Å². The molecule has 1 aromatic rings. The number of alkyl halides is 3. The zero-order valence-electron chi connectivity index (χ0n) is 16.6. The molecule has 3 aliphatic heterocycles. The fourth-order valence-corrected chi connectivity index (χ4v) is 4.43. The van der Waals surface area contributed by atoms with E-state index in [2.05, 4.69) is 20.9 Å². The van der Waals surface area contributed by atoms with E-state index in [0.29, 0.717) is 18.2 Å². The largest absolute Gasteiger partial charge is 0.490 e. The first-order valence-electron chi connectivity index (χ1n) is 10.1. The van der Waals surface area contributed by atoms with Gasteiger partial charge in [-0.15, -0.1) is 0 Å². The maximum Gasteiger partial charge on any atom is 0.490 e. The quantitative estimate of drug-likeness (QED) is 0.794. The van der Waals surface area contributed by atoms with Crippen molar-refractivity contribution in [3.05, 3.63) is 30.1 Å². The Balaban J connectivity index is 0.000000318. The first kappa shape index (κ1) is 22.5. The highest BCUT2D eigenvalue weighted by Crippen LogP contribution is 2.33. The monoisotopic (exact) mass is 429 g/mol. The minimum atomic E-state index is -5.08. The van der Waals surface area contributed by atoms with Crippen LogP contribution in [0.3, 0.4) is 0 Å². The maximum absolute atomic E-state index is 12.3. The van der Waals surface area contributed by atoms with Crippen LogP contribution in [0.4, 0.5) is 13.2 Å². The van der Waals surface area contributed by atoms with Crippen molar-refractivity contribution in [3.8, 4) is 0 Å². The summed E-state index contributed by atoms with van der Waals surface area (Å²) in [5.41, 5.74) is 1.24. The molecular formula is C20H26F3N3O4. The molecule has 1 aromatic heterocycles. The molecule has 4 rings (SSSR count). The zero-order valence-corrected chi connectivity index (χ0v) is 16.6. The molecule has 0 bridgehead atoms. The van der Waals surface area contributed by atoms with E-state index in [1.807, 2.05) is 18.5 Å². The normalized spacial score (nSPS) is 27.2. The predicted molar refractivity (Wildman–Crippen MR) is 100 cm³/mol. The minimum Gasteiger partial charge on any atom is -0.475 e. The Hall–Kier alpha value is -2.20. The molecule has 3 saturated heterocycles. The van der Waals surface area contributed by atoms with E-state index >= 15 is 0 Å². The lowest BCUT2D eigenvalue weighted by molar-refractivity contribution is -0.192. The number of amides is 1. The Labute approximate surface area is 172 Å². The summed E-state index contributed by atoms with van der Waals surface area (Å²) in [7, 11) is 0. The van der Waals surface area contributed by atoms with Crippen molar-refractivity contribution in [1.29, 1.82) is 0 Å². The smallest absolute Gasteiger partial charge is 0.475 e. The van der Waals surface area contributed by atoms with Crippen LogP contribution >= 0.6 is 0 Å². The van der Waals surface area contributed by atoms with Crippen molar-refractivity contribution in [2.45, 2.75) is 50.6 Å². The number of halogens is 3. The fourth-order valence-electron chi connectivity index (χ4n) is 4.43. The third-order valence-corrected chi connectivity index (χ3v) is 5.69. The SMILES string of the molecule is O=C(O)C(F)(F)F.O=C1CCCN1[C@@H]1CN(Cc2cccnc2)C[C@@H]2CCCO[C@@H]21. The van der Waals surface area contributed by atoms with E-state index in [-0.39, 0.29) is 12.1 Å². The number of carboxylic acid groups (broad SMARTS) is 1. The third-order valence-electron chi connectivity index (χ3n) is 5.69. The van der Waals surface area contributed by atoms with Gasteiger partial charge in [0, 0.05) is 51.6 Å². The Morgan fingerprint density at radius 2 is 2.07 bits per heavy atom. The maximum atomic E-state index is 12.3. The van der Waals surface area contributed by atoms with Gasteiger partial charge in [0.1, 0.15) is 0 Å². The molecule has 1 N–H and O–H groups in total. The van der Waals surface area contributed by atoms with Gasteiger partial charge < -0.3 is 14.7 Å². The number of rotatable bonds is 3. The van der Waals surface area contributed by atoms with Gasteiger partial charge >= 0.3 is 12.1 Å². The van der Waals surface area contributed by atoms with Crippen LogP contribution in [0.1, 0.15) is 31.2 Å². The van der Waals surface area contributed by atoms with Gasteiger partial charge in [-0.1, -0.05) is 6.07 Å². The van der Waals surface area contributed by atoms with Crippen LogP contribution in [0.5, 0.6) is 0 Å². The molecule has 0 unspecified atom stereocenters. The number of carbonyl (C=O) groups excluding carboxylic acids is 1. The summed E-state index contributed by atoms with van der Waals surface area (Å²) >= 11 is 0. The van der Waals surface area contributed by atoms with Gasteiger partial charge in [0.2, 0.25) is 5.91 Å². The lowest BCUT2D eigenvalue weighted by Gasteiger charge is -2.48. The average Bonchev–Trinajstić information content (AvgIpc) is 3.13. The van der Waals surface area contributed by atoms with E-state index in [4.69, 9.17) is 14.6 Å². The highest BCUT2D eigenvalue weighted by molar-refractivity contribution is 5.78. The summed E-state index contributed by atoms with van der Waals surface area (Å²) in [5.74, 6) is -1.90. The van der Waals surface area contributed by atoms with Crippen LogP contribution in [0.15, 0.2) is 24.5 Å². The van der Waals surface area contributed by atoms with Gasteiger partial charge in [-0.3, -0.25) is 14.7 Å². The van der Waals surface area contributed by atoms with Crippen LogP contribution in [0.2, 0.25) is 0 Å². The number of fused-ring (bicyclic) bond motifs is 1. The lowest BCUT2D eigenvalue weighted by atomic mass is 9.84. The van der Waals surface area contributed by atoms with Crippen molar-refractivity contribution in [3.63, 3.8) is 0 Å². The number of carboxylic acids is 1. The molecular weight excluding hydrogens is 403 g/mol. The Morgan fingerprint density at radius 3 is 2.67 bits per heavy atom. The Kier molecular flexibility index (Phi) is 7.30. The molecule has 3 atom stereocenters. The molecule has 30 heavy (non-hydrogen) atoms. The second-order valence-corrected chi connectivity index (χ2v) is 7.85. The Bertz CT molecular complexity index is 732. The van der Waals surface area contributed by atoms with E-state index in [1.165, 1.54) is 12.0 Å². The summed E-state index contributed by atoms with van der Waals surface area (Å²) in [6.07, 6.45) is 2.97. The van der Waals surface area contributed by atoms with Crippen LogP contribution in [-0.2, 0) is 20.9 Å². The summed E-state index contributed by atoms with van der Waals surface area (Å²) in [4.78, 5) is 30.0. The predicted octanol–water partition coefficient (Wildman–Crippen LogP) is 2.32. The molecule has 0 spiro atoms. The number of hydrogen-bond acceptors (Lipinski definition) is 5. The highest BCUT2D eigenvalue weighted by Gasteiger charge is 2.44. The number of nitrogens with zero attached hydrogens (tertiary/aromatic N) is 3. The summed E-state index contributed by atoms with van der Waals surface area (Å²) in [6.45, 7) is 4.65. The van der Waals surface area contributed by atoms with Crippen molar-refractivity contribution >= 4 is 11.9 Å². The van der Waals surface area contributed by atoms with Crippen molar-refractivity contribution in [2.24, 2.45) is 5.92 Å². The molecule has 3 fully saturated rings. The first-order chi connectivity index (χ1) is 14.3. The van der Waals surface area contributed by atoms with Gasteiger partial charge in [0.05, 0.1) is 12.1 Å². The molecule has 166 valence electrons. The number of likely N-dealkylation sites (tertiary alicyclic amines) is 2.